The van der Waals surface area contributed by atoms with Gasteiger partial charge >= 0.3 is 0 Å². The minimum Gasteiger partial charge on any atom is -0.331 e. The second-order valence-electron chi connectivity index (χ2n) is 6.21. The lowest BCUT2D eigenvalue weighted by atomic mass is 10.0. The van der Waals surface area contributed by atoms with E-state index in [2.05, 4.69) is 10.2 Å². The van der Waals surface area contributed by atoms with Gasteiger partial charge in [0.05, 0.1) is 0 Å². The normalized spacial score (nSPS) is 22.7. The zero-order valence-electron chi connectivity index (χ0n) is 12.6. The number of carbonyl (C=O) groups excluding carboxylic acids is 1. The first kappa shape index (κ1) is 14.9. The number of carbonyl (C=O) groups is 1. The Morgan fingerprint density at radius 2 is 2.00 bits per heavy atom. The molecule has 2 aliphatic rings. The fourth-order valence-corrected chi connectivity index (χ4v) is 3.84. The molecule has 1 aliphatic heterocycles. The Morgan fingerprint density at radius 1 is 1.24 bits per heavy atom. The van der Waals surface area contributed by atoms with E-state index in [1.54, 1.807) is 0 Å². The van der Waals surface area contributed by atoms with Crippen LogP contribution in [-0.2, 0) is 0 Å². The molecule has 21 heavy (non-hydrogen) atoms. The predicted molar refractivity (Wildman–Crippen MR) is 85.9 cm³/mol. The van der Waals surface area contributed by atoms with E-state index in [1.165, 1.54) is 12.8 Å². The Morgan fingerprint density at radius 3 is 2.67 bits per heavy atom. The average molecular weight is 307 g/mol. The van der Waals surface area contributed by atoms with Crippen molar-refractivity contribution in [1.29, 1.82) is 0 Å². The van der Waals surface area contributed by atoms with Crippen LogP contribution in [0.25, 0.3) is 0 Å². The summed E-state index contributed by atoms with van der Waals surface area (Å²) in [5.41, 5.74) is 1.67. The number of halogens is 1. The number of nitrogens with zero attached hydrogens (tertiary/aromatic N) is 1. The summed E-state index contributed by atoms with van der Waals surface area (Å²) in [7, 11) is 0. The molecule has 1 atom stereocenters. The Bertz CT molecular complexity index is 504. The molecule has 0 unspecified atom stereocenters. The molecule has 1 saturated heterocycles. The minimum absolute atomic E-state index is 0.163. The highest BCUT2D eigenvalue weighted by Crippen LogP contribution is 2.30. The second-order valence-corrected chi connectivity index (χ2v) is 6.62. The van der Waals surface area contributed by atoms with Gasteiger partial charge in [0.15, 0.2) is 0 Å². The van der Waals surface area contributed by atoms with E-state index in [0.717, 1.165) is 43.5 Å². The standard InChI is InChI=1S/C17H23ClN2O/c1-12-15(7-4-8-16(12)18)17(21)20(13-5-2-3-6-13)14-9-10-19-11-14/h4,7-8,13-14,19H,2-3,5-6,9-11H2,1H3/t14-/m0/s1. The molecule has 0 spiro atoms. The molecule has 0 radical (unpaired) electrons. The van der Waals surface area contributed by atoms with Crippen molar-refractivity contribution in [3.8, 4) is 0 Å². The van der Waals surface area contributed by atoms with E-state index >= 15 is 0 Å². The number of benzene rings is 1. The van der Waals surface area contributed by atoms with Gasteiger partial charge in [-0.25, -0.2) is 0 Å². The lowest BCUT2D eigenvalue weighted by Crippen LogP contribution is -2.47. The molecule has 2 fully saturated rings. The Labute approximate surface area is 131 Å². The fraction of sp³-hybridized carbons (Fsp3) is 0.588. The molecular weight excluding hydrogens is 284 g/mol. The van der Waals surface area contributed by atoms with Crippen molar-refractivity contribution in [2.24, 2.45) is 0 Å². The van der Waals surface area contributed by atoms with Gasteiger partial charge in [0.1, 0.15) is 0 Å². The maximum absolute atomic E-state index is 13.1. The van der Waals surface area contributed by atoms with Crippen molar-refractivity contribution < 1.29 is 4.79 Å². The quantitative estimate of drug-likeness (QED) is 0.928. The summed E-state index contributed by atoms with van der Waals surface area (Å²) in [5, 5.41) is 4.07. The van der Waals surface area contributed by atoms with Crippen LogP contribution in [0.4, 0.5) is 0 Å². The van der Waals surface area contributed by atoms with Crippen LogP contribution in [0.2, 0.25) is 5.02 Å². The monoisotopic (exact) mass is 306 g/mol. The van der Waals surface area contributed by atoms with Gasteiger partial charge in [-0.05, 0) is 50.4 Å². The molecule has 1 N–H and O–H groups in total. The molecule has 1 amide bonds. The molecule has 1 aromatic carbocycles. The van der Waals surface area contributed by atoms with E-state index in [0.29, 0.717) is 17.1 Å². The fourth-order valence-electron chi connectivity index (χ4n) is 3.67. The summed E-state index contributed by atoms with van der Waals surface area (Å²) in [6.07, 6.45) is 5.82. The van der Waals surface area contributed by atoms with Crippen LogP contribution in [0.3, 0.4) is 0 Å². The van der Waals surface area contributed by atoms with Crippen molar-refractivity contribution in [1.82, 2.24) is 10.2 Å². The zero-order chi connectivity index (χ0) is 14.8. The van der Waals surface area contributed by atoms with Crippen LogP contribution in [0, 0.1) is 6.92 Å². The van der Waals surface area contributed by atoms with Crippen LogP contribution in [0.5, 0.6) is 0 Å². The molecule has 1 aliphatic carbocycles. The van der Waals surface area contributed by atoms with Gasteiger partial charge in [-0.2, -0.15) is 0 Å². The number of rotatable bonds is 3. The average Bonchev–Trinajstić information content (AvgIpc) is 3.16. The highest BCUT2D eigenvalue weighted by molar-refractivity contribution is 6.31. The highest BCUT2D eigenvalue weighted by Gasteiger charge is 2.35. The van der Waals surface area contributed by atoms with Gasteiger partial charge in [0, 0.05) is 29.2 Å². The molecule has 0 aromatic heterocycles. The summed E-state index contributed by atoms with van der Waals surface area (Å²) in [6.45, 7) is 3.87. The van der Waals surface area contributed by atoms with Gasteiger partial charge in [-0.1, -0.05) is 30.5 Å². The molecule has 4 heteroatoms. The van der Waals surface area contributed by atoms with E-state index in [9.17, 15) is 4.79 Å². The molecule has 1 aromatic rings. The van der Waals surface area contributed by atoms with Crippen LogP contribution in [0.1, 0.15) is 48.0 Å². The van der Waals surface area contributed by atoms with Gasteiger partial charge in [0.2, 0.25) is 0 Å². The summed E-state index contributed by atoms with van der Waals surface area (Å²) >= 11 is 6.20. The Hall–Kier alpha value is -1.06. The number of amides is 1. The van der Waals surface area contributed by atoms with Gasteiger partial charge in [0.25, 0.3) is 5.91 Å². The van der Waals surface area contributed by atoms with E-state index < -0.39 is 0 Å². The van der Waals surface area contributed by atoms with Crippen LogP contribution >= 0.6 is 11.6 Å². The summed E-state index contributed by atoms with van der Waals surface area (Å²) in [5.74, 6) is 0.163. The molecule has 1 saturated carbocycles. The largest absolute Gasteiger partial charge is 0.331 e. The third-order valence-electron chi connectivity index (χ3n) is 4.88. The maximum atomic E-state index is 13.1. The van der Waals surface area contributed by atoms with Gasteiger partial charge < -0.3 is 10.2 Å². The van der Waals surface area contributed by atoms with Crippen molar-refractivity contribution in [2.75, 3.05) is 13.1 Å². The number of hydrogen-bond acceptors (Lipinski definition) is 2. The summed E-state index contributed by atoms with van der Waals surface area (Å²) < 4.78 is 0. The smallest absolute Gasteiger partial charge is 0.254 e. The molecule has 3 nitrogen and oxygen atoms in total. The maximum Gasteiger partial charge on any atom is 0.254 e. The molecule has 114 valence electrons. The van der Waals surface area contributed by atoms with Crippen LogP contribution in [0.15, 0.2) is 18.2 Å². The summed E-state index contributed by atoms with van der Waals surface area (Å²) in [6, 6.07) is 6.38. The zero-order valence-corrected chi connectivity index (χ0v) is 13.3. The SMILES string of the molecule is Cc1c(Cl)cccc1C(=O)N(C1CCCC1)[C@H]1CCNC1. The lowest BCUT2D eigenvalue weighted by Gasteiger charge is -2.34. The van der Waals surface area contributed by atoms with Crippen molar-refractivity contribution in [3.63, 3.8) is 0 Å². The van der Waals surface area contributed by atoms with Gasteiger partial charge in [-0.15, -0.1) is 0 Å². The van der Waals surface area contributed by atoms with Gasteiger partial charge in [-0.3, -0.25) is 4.79 Å². The third-order valence-corrected chi connectivity index (χ3v) is 5.29. The first-order chi connectivity index (χ1) is 10.2. The van der Waals surface area contributed by atoms with Crippen LogP contribution < -0.4 is 5.32 Å². The number of nitrogens with one attached hydrogen (secondary N) is 1. The highest BCUT2D eigenvalue weighted by atomic mass is 35.5. The lowest BCUT2D eigenvalue weighted by molar-refractivity contribution is 0.0594. The minimum atomic E-state index is 0.163. The topological polar surface area (TPSA) is 32.3 Å². The van der Waals surface area contributed by atoms with Crippen molar-refractivity contribution in [2.45, 2.75) is 51.1 Å². The summed E-state index contributed by atoms with van der Waals surface area (Å²) in [4.78, 5) is 15.3. The first-order valence-electron chi connectivity index (χ1n) is 7.97. The van der Waals surface area contributed by atoms with Crippen molar-refractivity contribution in [3.05, 3.63) is 34.3 Å². The van der Waals surface area contributed by atoms with E-state index in [4.69, 9.17) is 11.6 Å². The Balaban J connectivity index is 1.91. The van der Waals surface area contributed by atoms with Crippen molar-refractivity contribution >= 4 is 17.5 Å². The molecular formula is C17H23ClN2O. The third kappa shape index (κ3) is 2.95. The van der Waals surface area contributed by atoms with E-state index in [-0.39, 0.29) is 5.91 Å². The predicted octanol–water partition coefficient (Wildman–Crippen LogP) is 3.40. The molecule has 0 bridgehead atoms. The van der Waals surface area contributed by atoms with E-state index in [1.807, 2.05) is 25.1 Å². The molecule has 1 heterocycles. The second kappa shape index (κ2) is 6.37. The Kier molecular flexibility index (Phi) is 4.51. The first-order valence-corrected chi connectivity index (χ1v) is 8.35. The van der Waals surface area contributed by atoms with Crippen LogP contribution in [-0.4, -0.2) is 36.0 Å². The molecule has 3 rings (SSSR count). The number of hydrogen-bond donors (Lipinski definition) is 1.